The molecule has 0 radical (unpaired) electrons. The number of hydrogen-bond donors (Lipinski definition) is 1. The van der Waals surface area contributed by atoms with E-state index in [1.54, 1.807) is 11.3 Å². The summed E-state index contributed by atoms with van der Waals surface area (Å²) in [6.45, 7) is 5.15. The lowest BCUT2D eigenvalue weighted by atomic mass is 10.0. The van der Waals surface area contributed by atoms with Gasteiger partial charge in [-0.1, -0.05) is 12.5 Å². The van der Waals surface area contributed by atoms with Gasteiger partial charge >= 0.3 is 0 Å². The molecule has 1 N–H and O–H groups in total. The van der Waals surface area contributed by atoms with Crippen LogP contribution >= 0.6 is 11.3 Å². The van der Waals surface area contributed by atoms with Crippen LogP contribution in [0.5, 0.6) is 0 Å². The molecule has 0 spiro atoms. The molecule has 1 fully saturated rings. The van der Waals surface area contributed by atoms with Crippen molar-refractivity contribution in [1.29, 1.82) is 0 Å². The Labute approximate surface area is 113 Å². The van der Waals surface area contributed by atoms with Gasteiger partial charge < -0.3 is 9.84 Å². The topological polar surface area (TPSA) is 32.7 Å². The maximum Gasteiger partial charge on any atom is 0.0900 e. The molecular weight excluding hydrogens is 246 g/mol. The van der Waals surface area contributed by atoms with Crippen molar-refractivity contribution in [3.05, 3.63) is 22.4 Å². The van der Waals surface area contributed by atoms with Crippen LogP contribution < -0.4 is 0 Å². The summed E-state index contributed by atoms with van der Waals surface area (Å²) in [4.78, 5) is 3.59. The monoisotopic (exact) mass is 269 g/mol. The summed E-state index contributed by atoms with van der Waals surface area (Å²) in [5.41, 5.74) is 0. The summed E-state index contributed by atoms with van der Waals surface area (Å²) < 4.78 is 5.55. The summed E-state index contributed by atoms with van der Waals surface area (Å²) in [6.07, 6.45) is 3.46. The first kappa shape index (κ1) is 14.0. The second-order valence-corrected chi connectivity index (χ2v) is 6.12. The van der Waals surface area contributed by atoms with Crippen LogP contribution in [0.4, 0.5) is 0 Å². The van der Waals surface area contributed by atoms with Gasteiger partial charge in [-0.3, -0.25) is 4.90 Å². The third-order valence-electron chi connectivity index (χ3n) is 3.52. The quantitative estimate of drug-likeness (QED) is 0.861. The summed E-state index contributed by atoms with van der Waals surface area (Å²) in [7, 11) is 0. The summed E-state index contributed by atoms with van der Waals surface area (Å²) in [5.74, 6) is 0. The largest absolute Gasteiger partial charge is 0.389 e. The number of likely N-dealkylation sites (tertiary alicyclic amines) is 1. The Bertz CT molecular complexity index is 329. The van der Waals surface area contributed by atoms with E-state index in [1.807, 2.05) is 11.4 Å². The standard InChI is InChI=1S/C14H23NO2S/c1-12-5-2-3-7-15(12)9-13(16)10-17-11-14-6-4-8-18-14/h4,6,8,12-13,16H,2-3,5,7,9-11H2,1H3/t12-,13-/m0/s1. The molecule has 18 heavy (non-hydrogen) atoms. The van der Waals surface area contributed by atoms with Gasteiger partial charge in [0.1, 0.15) is 0 Å². The molecule has 1 saturated heterocycles. The first-order chi connectivity index (χ1) is 8.75. The van der Waals surface area contributed by atoms with Crippen LogP contribution in [-0.4, -0.2) is 41.8 Å². The lowest BCUT2D eigenvalue weighted by Gasteiger charge is -2.34. The van der Waals surface area contributed by atoms with Gasteiger partial charge in [-0.05, 0) is 37.8 Å². The van der Waals surface area contributed by atoms with Crippen LogP contribution in [0.2, 0.25) is 0 Å². The molecule has 0 amide bonds. The van der Waals surface area contributed by atoms with Crippen LogP contribution in [-0.2, 0) is 11.3 Å². The van der Waals surface area contributed by atoms with Crippen molar-refractivity contribution in [2.24, 2.45) is 0 Å². The minimum atomic E-state index is -0.370. The van der Waals surface area contributed by atoms with E-state index in [9.17, 15) is 5.11 Å². The Morgan fingerprint density at radius 3 is 3.17 bits per heavy atom. The van der Waals surface area contributed by atoms with Crippen molar-refractivity contribution < 1.29 is 9.84 Å². The van der Waals surface area contributed by atoms with Crippen LogP contribution in [0, 0.1) is 0 Å². The highest BCUT2D eigenvalue weighted by atomic mass is 32.1. The fraction of sp³-hybridized carbons (Fsp3) is 0.714. The fourth-order valence-corrected chi connectivity index (χ4v) is 3.08. The van der Waals surface area contributed by atoms with Gasteiger partial charge in [0.2, 0.25) is 0 Å². The van der Waals surface area contributed by atoms with E-state index in [0.717, 1.165) is 13.1 Å². The maximum atomic E-state index is 9.98. The van der Waals surface area contributed by atoms with E-state index < -0.39 is 0 Å². The molecule has 2 heterocycles. The molecule has 4 heteroatoms. The van der Waals surface area contributed by atoms with E-state index in [0.29, 0.717) is 19.3 Å². The molecule has 0 aliphatic carbocycles. The molecule has 2 atom stereocenters. The Kier molecular flexibility index (Phi) is 5.63. The minimum Gasteiger partial charge on any atom is -0.389 e. The number of thiophene rings is 1. The van der Waals surface area contributed by atoms with Gasteiger partial charge in [0.25, 0.3) is 0 Å². The molecule has 1 aliphatic rings. The lowest BCUT2D eigenvalue weighted by Crippen LogP contribution is -2.43. The van der Waals surface area contributed by atoms with E-state index in [4.69, 9.17) is 4.74 Å². The molecule has 0 bridgehead atoms. The molecule has 0 saturated carbocycles. The molecule has 1 aromatic rings. The number of β-amino-alcohol motifs (C(OH)–C–C–N with tert-alkyl or cyclic N) is 1. The summed E-state index contributed by atoms with van der Waals surface area (Å²) in [6, 6.07) is 4.68. The van der Waals surface area contributed by atoms with Gasteiger partial charge in [0, 0.05) is 17.5 Å². The Hall–Kier alpha value is -0.420. The van der Waals surface area contributed by atoms with E-state index >= 15 is 0 Å². The zero-order chi connectivity index (χ0) is 12.8. The average molecular weight is 269 g/mol. The van der Waals surface area contributed by atoms with Crippen molar-refractivity contribution in [1.82, 2.24) is 4.90 Å². The van der Waals surface area contributed by atoms with Crippen LogP contribution in [0.1, 0.15) is 31.1 Å². The second kappa shape index (κ2) is 7.24. The van der Waals surface area contributed by atoms with Gasteiger partial charge in [-0.15, -0.1) is 11.3 Å². The molecule has 3 nitrogen and oxygen atoms in total. The SMILES string of the molecule is C[C@H]1CCCCN1C[C@H](O)COCc1cccs1. The lowest BCUT2D eigenvalue weighted by molar-refractivity contribution is -0.000741. The summed E-state index contributed by atoms with van der Waals surface area (Å²) >= 11 is 1.69. The minimum absolute atomic E-state index is 0.370. The van der Waals surface area contributed by atoms with Crippen LogP contribution in [0.25, 0.3) is 0 Å². The van der Waals surface area contributed by atoms with Gasteiger partial charge in [-0.2, -0.15) is 0 Å². The highest BCUT2D eigenvalue weighted by Crippen LogP contribution is 2.16. The number of piperidine rings is 1. The molecule has 1 aromatic heterocycles. The Morgan fingerprint density at radius 1 is 1.56 bits per heavy atom. The molecular formula is C14H23NO2S. The second-order valence-electron chi connectivity index (χ2n) is 5.09. The van der Waals surface area contributed by atoms with Crippen LogP contribution in [0.3, 0.4) is 0 Å². The van der Waals surface area contributed by atoms with Crippen LogP contribution in [0.15, 0.2) is 17.5 Å². The van der Waals surface area contributed by atoms with E-state index in [2.05, 4.69) is 17.9 Å². The molecule has 102 valence electrons. The van der Waals surface area contributed by atoms with Gasteiger partial charge in [0.15, 0.2) is 0 Å². The maximum absolute atomic E-state index is 9.98. The Balaban J connectivity index is 1.63. The van der Waals surface area contributed by atoms with Crippen molar-refractivity contribution in [2.75, 3.05) is 19.7 Å². The first-order valence-corrected chi connectivity index (χ1v) is 7.66. The highest BCUT2D eigenvalue weighted by molar-refractivity contribution is 7.09. The van der Waals surface area contributed by atoms with Crippen molar-refractivity contribution >= 4 is 11.3 Å². The van der Waals surface area contributed by atoms with Crippen molar-refractivity contribution in [3.63, 3.8) is 0 Å². The number of aliphatic hydroxyl groups excluding tert-OH is 1. The van der Waals surface area contributed by atoms with E-state index in [-0.39, 0.29) is 6.10 Å². The zero-order valence-corrected chi connectivity index (χ0v) is 11.9. The number of aliphatic hydroxyl groups is 1. The smallest absolute Gasteiger partial charge is 0.0900 e. The zero-order valence-electron chi connectivity index (χ0n) is 11.0. The van der Waals surface area contributed by atoms with Crippen molar-refractivity contribution in [2.45, 2.75) is 44.9 Å². The number of rotatable bonds is 6. The number of ether oxygens (including phenoxy) is 1. The summed E-state index contributed by atoms with van der Waals surface area (Å²) in [5, 5.41) is 12.0. The number of nitrogens with zero attached hydrogens (tertiary/aromatic N) is 1. The molecule has 0 unspecified atom stereocenters. The molecule has 0 aromatic carbocycles. The predicted molar refractivity (Wildman–Crippen MR) is 74.9 cm³/mol. The normalized spacial score (nSPS) is 23.1. The Morgan fingerprint density at radius 2 is 2.44 bits per heavy atom. The number of hydrogen-bond acceptors (Lipinski definition) is 4. The van der Waals surface area contributed by atoms with Gasteiger partial charge in [0.05, 0.1) is 19.3 Å². The van der Waals surface area contributed by atoms with Crippen molar-refractivity contribution in [3.8, 4) is 0 Å². The molecule has 2 rings (SSSR count). The first-order valence-electron chi connectivity index (χ1n) is 6.78. The van der Waals surface area contributed by atoms with E-state index in [1.165, 1.54) is 24.1 Å². The third kappa shape index (κ3) is 4.35. The predicted octanol–water partition coefficient (Wildman–Crippen LogP) is 2.50. The average Bonchev–Trinajstić information content (AvgIpc) is 2.85. The highest BCUT2D eigenvalue weighted by Gasteiger charge is 2.20. The molecule has 1 aliphatic heterocycles. The van der Waals surface area contributed by atoms with Gasteiger partial charge in [-0.25, -0.2) is 0 Å². The fourth-order valence-electron chi connectivity index (χ4n) is 2.44. The third-order valence-corrected chi connectivity index (χ3v) is 4.37.